The Balaban J connectivity index is 1.60. The number of allylic oxidation sites excluding steroid dienone is 2. The summed E-state index contributed by atoms with van der Waals surface area (Å²) in [6, 6.07) is 0. The molecule has 0 saturated heterocycles. The first-order chi connectivity index (χ1) is 14.8. The summed E-state index contributed by atoms with van der Waals surface area (Å²) in [5.74, 6) is -0.995. The molecule has 6 heteroatoms. The molecule has 0 aromatic heterocycles. The SMILES string of the molecule is CC1(C)C(=O)C=C[C@@]2(C)C1C[C@@H](O)[C@@]1(C)[C@H]3C(=O)C[C@@H](C4=CC(=O)OC4O)[C@]3(C)CC[C@@H]12. The first-order valence-electron chi connectivity index (χ1n) is 11.8. The van der Waals surface area contributed by atoms with E-state index in [2.05, 4.69) is 26.8 Å². The molecule has 174 valence electrons. The Kier molecular flexibility index (Phi) is 4.41. The van der Waals surface area contributed by atoms with Crippen LogP contribution in [0.25, 0.3) is 0 Å². The highest BCUT2D eigenvalue weighted by molar-refractivity contribution is 5.96. The molecule has 1 aliphatic heterocycles. The molecule has 9 atom stereocenters. The first-order valence-corrected chi connectivity index (χ1v) is 11.8. The van der Waals surface area contributed by atoms with Gasteiger partial charge in [-0.25, -0.2) is 4.79 Å². The number of fused-ring (bicyclic) bond motifs is 5. The topological polar surface area (TPSA) is 101 Å². The Morgan fingerprint density at radius 3 is 2.34 bits per heavy atom. The smallest absolute Gasteiger partial charge is 0.333 e. The zero-order chi connectivity index (χ0) is 23.4. The molecule has 0 amide bonds. The number of ether oxygens (including phenoxy) is 1. The Hall–Kier alpha value is -1.79. The van der Waals surface area contributed by atoms with Gasteiger partial charge in [0, 0.05) is 34.8 Å². The highest BCUT2D eigenvalue weighted by atomic mass is 16.6. The van der Waals surface area contributed by atoms with Gasteiger partial charge in [0.25, 0.3) is 0 Å². The minimum atomic E-state index is -1.30. The van der Waals surface area contributed by atoms with Gasteiger partial charge in [-0.15, -0.1) is 0 Å². The normalized spacial score (nSPS) is 51.6. The van der Waals surface area contributed by atoms with Crippen molar-refractivity contribution >= 4 is 17.5 Å². The predicted octanol–water partition coefficient (Wildman–Crippen LogP) is 2.97. The third-order valence-electron chi connectivity index (χ3n) is 10.5. The standard InChI is InChI=1S/C26H34O6/c1-23(2)17-12-19(29)26(5)16(25(17,4)9-7-18(23)28)6-8-24(3)14(11-15(27)21(24)26)13-10-20(30)32-22(13)31/h7,9-10,14,16-17,19,21-22,29,31H,6,8,11-12H2,1-5H3/t14-,16+,17?,19+,21-,22?,24-,25+,26-/m0/s1. The molecule has 3 saturated carbocycles. The van der Waals surface area contributed by atoms with Crippen molar-refractivity contribution in [2.24, 2.45) is 45.3 Å². The average molecular weight is 443 g/mol. The van der Waals surface area contributed by atoms with Crippen LogP contribution in [0.4, 0.5) is 0 Å². The summed E-state index contributed by atoms with van der Waals surface area (Å²) < 4.78 is 4.94. The van der Waals surface area contributed by atoms with Crippen molar-refractivity contribution in [3.63, 3.8) is 0 Å². The summed E-state index contributed by atoms with van der Waals surface area (Å²) >= 11 is 0. The number of hydrogen-bond donors (Lipinski definition) is 2. The van der Waals surface area contributed by atoms with E-state index >= 15 is 0 Å². The highest BCUT2D eigenvalue weighted by Gasteiger charge is 2.72. The van der Waals surface area contributed by atoms with Crippen LogP contribution in [0, 0.1) is 45.3 Å². The van der Waals surface area contributed by atoms with E-state index in [4.69, 9.17) is 4.74 Å². The van der Waals surface area contributed by atoms with Gasteiger partial charge in [-0.1, -0.05) is 40.7 Å². The van der Waals surface area contributed by atoms with Gasteiger partial charge in [0.2, 0.25) is 6.29 Å². The van der Waals surface area contributed by atoms with E-state index in [1.165, 1.54) is 6.08 Å². The maximum atomic E-state index is 13.6. The Labute approximate surface area is 189 Å². The fraction of sp³-hybridized carbons (Fsp3) is 0.731. The molecule has 3 fully saturated rings. The molecule has 5 aliphatic rings. The molecule has 0 aromatic rings. The maximum Gasteiger partial charge on any atom is 0.333 e. The van der Waals surface area contributed by atoms with Crippen molar-refractivity contribution < 1.29 is 29.3 Å². The number of Topliss-reactive ketones (excluding diaryl/α,β-unsaturated/α-hetero) is 1. The summed E-state index contributed by atoms with van der Waals surface area (Å²) in [5.41, 5.74) is -1.49. The molecular weight excluding hydrogens is 408 g/mol. The molecule has 32 heavy (non-hydrogen) atoms. The minimum absolute atomic E-state index is 0.00242. The predicted molar refractivity (Wildman–Crippen MR) is 116 cm³/mol. The van der Waals surface area contributed by atoms with Crippen LogP contribution < -0.4 is 0 Å². The monoisotopic (exact) mass is 442 g/mol. The second-order valence-corrected chi connectivity index (χ2v) is 12.1. The third kappa shape index (κ3) is 2.46. The number of ketones is 2. The lowest BCUT2D eigenvalue weighted by molar-refractivity contribution is -0.211. The van der Waals surface area contributed by atoms with E-state index in [0.29, 0.717) is 12.0 Å². The van der Waals surface area contributed by atoms with Crippen LogP contribution in [-0.4, -0.2) is 40.1 Å². The largest absolute Gasteiger partial charge is 0.429 e. The number of carbonyl (C=O) groups excluding carboxylic acids is 3. The van der Waals surface area contributed by atoms with E-state index in [9.17, 15) is 24.6 Å². The number of rotatable bonds is 1. The van der Waals surface area contributed by atoms with Gasteiger partial charge in [-0.2, -0.15) is 0 Å². The first kappa shape index (κ1) is 22.0. The number of esters is 1. The van der Waals surface area contributed by atoms with Crippen molar-refractivity contribution in [3.8, 4) is 0 Å². The number of hydrogen-bond acceptors (Lipinski definition) is 6. The molecule has 0 radical (unpaired) electrons. The Morgan fingerprint density at radius 2 is 1.72 bits per heavy atom. The lowest BCUT2D eigenvalue weighted by Gasteiger charge is -2.67. The Bertz CT molecular complexity index is 977. The van der Waals surface area contributed by atoms with Crippen molar-refractivity contribution in [1.82, 2.24) is 0 Å². The van der Waals surface area contributed by atoms with E-state index in [0.717, 1.165) is 12.8 Å². The molecule has 6 nitrogen and oxygen atoms in total. The van der Waals surface area contributed by atoms with Gasteiger partial charge >= 0.3 is 5.97 Å². The maximum absolute atomic E-state index is 13.6. The summed E-state index contributed by atoms with van der Waals surface area (Å²) in [6.45, 7) is 10.3. The van der Waals surface area contributed by atoms with Crippen LogP contribution in [0.2, 0.25) is 0 Å². The van der Waals surface area contributed by atoms with Gasteiger partial charge in [0.1, 0.15) is 5.78 Å². The van der Waals surface area contributed by atoms with Gasteiger partial charge in [-0.3, -0.25) is 9.59 Å². The van der Waals surface area contributed by atoms with Gasteiger partial charge in [0.05, 0.1) is 6.10 Å². The van der Waals surface area contributed by atoms with Crippen LogP contribution in [0.5, 0.6) is 0 Å². The summed E-state index contributed by atoms with van der Waals surface area (Å²) in [7, 11) is 0. The van der Waals surface area contributed by atoms with Crippen LogP contribution in [0.1, 0.15) is 60.3 Å². The molecule has 2 N–H and O–H groups in total. The molecule has 2 unspecified atom stereocenters. The van der Waals surface area contributed by atoms with Gasteiger partial charge < -0.3 is 14.9 Å². The van der Waals surface area contributed by atoms with Crippen molar-refractivity contribution in [3.05, 3.63) is 23.8 Å². The molecule has 5 rings (SSSR count). The van der Waals surface area contributed by atoms with Crippen molar-refractivity contribution in [2.45, 2.75) is 72.7 Å². The van der Waals surface area contributed by atoms with E-state index < -0.39 is 34.6 Å². The number of carbonyl (C=O) groups is 3. The summed E-state index contributed by atoms with van der Waals surface area (Å²) in [5, 5.41) is 22.0. The van der Waals surface area contributed by atoms with Crippen molar-refractivity contribution in [2.75, 3.05) is 0 Å². The van der Waals surface area contributed by atoms with E-state index in [1.807, 2.05) is 13.8 Å². The molecule has 4 aliphatic carbocycles. The fourth-order valence-corrected chi connectivity index (χ4v) is 8.98. The van der Waals surface area contributed by atoms with Crippen LogP contribution >= 0.6 is 0 Å². The number of aliphatic hydroxyl groups excluding tert-OH is 2. The molecule has 1 heterocycles. The molecular formula is C26H34O6. The van der Waals surface area contributed by atoms with Crippen molar-refractivity contribution in [1.29, 1.82) is 0 Å². The fourth-order valence-electron chi connectivity index (χ4n) is 8.98. The second kappa shape index (κ2) is 6.41. The van der Waals surface area contributed by atoms with Gasteiger partial charge in [-0.05, 0) is 53.9 Å². The van der Waals surface area contributed by atoms with E-state index in [-0.39, 0.29) is 47.1 Å². The lowest BCUT2D eigenvalue weighted by Crippen LogP contribution is -2.66. The zero-order valence-electron chi connectivity index (χ0n) is 19.6. The quantitative estimate of drug-likeness (QED) is 0.606. The average Bonchev–Trinajstić information content (AvgIpc) is 3.16. The van der Waals surface area contributed by atoms with Crippen LogP contribution in [0.3, 0.4) is 0 Å². The zero-order valence-corrected chi connectivity index (χ0v) is 19.6. The molecule has 0 bridgehead atoms. The van der Waals surface area contributed by atoms with Crippen LogP contribution in [0.15, 0.2) is 23.8 Å². The Morgan fingerprint density at radius 1 is 1.03 bits per heavy atom. The minimum Gasteiger partial charge on any atom is -0.429 e. The number of aliphatic hydroxyl groups is 2. The second-order valence-electron chi connectivity index (χ2n) is 12.1. The molecule has 0 aromatic carbocycles. The number of cyclic esters (lactones) is 1. The van der Waals surface area contributed by atoms with E-state index in [1.54, 1.807) is 6.08 Å². The molecule has 0 spiro atoms. The lowest BCUT2D eigenvalue weighted by atomic mass is 9.37. The summed E-state index contributed by atoms with van der Waals surface area (Å²) in [6.07, 6.45) is 5.38. The van der Waals surface area contributed by atoms with Crippen LogP contribution in [-0.2, 0) is 19.1 Å². The summed E-state index contributed by atoms with van der Waals surface area (Å²) in [4.78, 5) is 38.1. The highest BCUT2D eigenvalue weighted by Crippen LogP contribution is 2.72. The third-order valence-corrected chi connectivity index (χ3v) is 10.5. The van der Waals surface area contributed by atoms with Gasteiger partial charge in [0.15, 0.2) is 5.78 Å².